The third-order valence-electron chi connectivity index (χ3n) is 3.39. The molecule has 0 bridgehead atoms. The Hall–Kier alpha value is -1.39. The molecule has 0 saturated heterocycles. The molecule has 0 aliphatic heterocycles. The molecule has 2 rings (SSSR count). The van der Waals surface area contributed by atoms with Crippen LogP contribution in [0.3, 0.4) is 0 Å². The van der Waals surface area contributed by atoms with Crippen molar-refractivity contribution in [3.8, 4) is 0 Å². The van der Waals surface area contributed by atoms with Crippen molar-refractivity contribution < 1.29 is 5.11 Å². The molecule has 108 valence electrons. The minimum absolute atomic E-state index is 0.0885. The lowest BCUT2D eigenvalue weighted by atomic mass is 10.1. The van der Waals surface area contributed by atoms with Gasteiger partial charge in [-0.1, -0.05) is 48.9 Å². The Morgan fingerprint density at radius 1 is 1.30 bits per heavy atom. The second-order valence-electron chi connectivity index (χ2n) is 5.06. The SMILES string of the molecule is CCCc1nc(N(C)Cc2ccccc2C)sc1CO. The van der Waals surface area contributed by atoms with E-state index in [4.69, 9.17) is 0 Å². The largest absolute Gasteiger partial charge is 0.391 e. The van der Waals surface area contributed by atoms with Crippen molar-refractivity contribution >= 4 is 16.5 Å². The summed E-state index contributed by atoms with van der Waals surface area (Å²) < 4.78 is 0. The van der Waals surface area contributed by atoms with Crippen LogP contribution in [0.5, 0.6) is 0 Å². The van der Waals surface area contributed by atoms with Gasteiger partial charge in [0, 0.05) is 13.6 Å². The molecule has 1 N–H and O–H groups in total. The summed E-state index contributed by atoms with van der Waals surface area (Å²) in [6.45, 7) is 5.20. The third-order valence-corrected chi connectivity index (χ3v) is 4.59. The van der Waals surface area contributed by atoms with Gasteiger partial charge in [-0.2, -0.15) is 0 Å². The van der Waals surface area contributed by atoms with Crippen molar-refractivity contribution in [3.63, 3.8) is 0 Å². The molecule has 3 nitrogen and oxygen atoms in total. The van der Waals surface area contributed by atoms with E-state index in [0.717, 1.165) is 35.1 Å². The maximum atomic E-state index is 9.43. The molecule has 0 amide bonds. The normalized spacial score (nSPS) is 10.8. The van der Waals surface area contributed by atoms with Crippen molar-refractivity contribution in [2.45, 2.75) is 39.8 Å². The van der Waals surface area contributed by atoms with E-state index in [1.807, 2.05) is 0 Å². The molecule has 0 saturated carbocycles. The van der Waals surface area contributed by atoms with Crippen LogP contribution in [0.15, 0.2) is 24.3 Å². The summed E-state index contributed by atoms with van der Waals surface area (Å²) in [5.41, 5.74) is 3.66. The zero-order valence-electron chi connectivity index (χ0n) is 12.4. The van der Waals surface area contributed by atoms with Gasteiger partial charge in [0.05, 0.1) is 17.2 Å². The van der Waals surface area contributed by atoms with E-state index in [9.17, 15) is 5.11 Å². The van der Waals surface area contributed by atoms with E-state index < -0.39 is 0 Å². The molecule has 1 aromatic carbocycles. The Morgan fingerprint density at radius 3 is 2.70 bits per heavy atom. The first kappa shape index (κ1) is 15.0. The Kier molecular flexibility index (Phi) is 5.15. The zero-order valence-corrected chi connectivity index (χ0v) is 13.2. The summed E-state index contributed by atoms with van der Waals surface area (Å²) in [6.07, 6.45) is 1.99. The summed E-state index contributed by atoms with van der Waals surface area (Å²) >= 11 is 1.60. The molecule has 0 fully saturated rings. The van der Waals surface area contributed by atoms with E-state index in [-0.39, 0.29) is 6.61 Å². The van der Waals surface area contributed by atoms with Gasteiger partial charge in [0.15, 0.2) is 5.13 Å². The first-order chi connectivity index (χ1) is 9.65. The van der Waals surface area contributed by atoms with Crippen LogP contribution in [0.25, 0.3) is 0 Å². The van der Waals surface area contributed by atoms with Crippen LogP contribution in [-0.4, -0.2) is 17.1 Å². The number of benzene rings is 1. The number of aromatic nitrogens is 1. The maximum absolute atomic E-state index is 9.43. The number of anilines is 1. The lowest BCUT2D eigenvalue weighted by Crippen LogP contribution is -2.16. The average molecular weight is 290 g/mol. The van der Waals surface area contributed by atoms with Gasteiger partial charge in [-0.05, 0) is 24.5 Å². The van der Waals surface area contributed by atoms with E-state index in [0.29, 0.717) is 0 Å². The van der Waals surface area contributed by atoms with E-state index in [2.05, 4.69) is 55.0 Å². The van der Waals surface area contributed by atoms with Gasteiger partial charge in [0.25, 0.3) is 0 Å². The van der Waals surface area contributed by atoms with Crippen molar-refractivity contribution in [2.24, 2.45) is 0 Å². The van der Waals surface area contributed by atoms with Crippen LogP contribution in [0.1, 0.15) is 35.0 Å². The Labute approximate surface area is 124 Å². The van der Waals surface area contributed by atoms with E-state index >= 15 is 0 Å². The zero-order chi connectivity index (χ0) is 14.5. The summed E-state index contributed by atoms with van der Waals surface area (Å²) in [7, 11) is 2.06. The number of hydrogen-bond acceptors (Lipinski definition) is 4. The van der Waals surface area contributed by atoms with Crippen molar-refractivity contribution in [3.05, 3.63) is 46.0 Å². The molecule has 0 aliphatic rings. The highest BCUT2D eigenvalue weighted by atomic mass is 32.1. The number of aliphatic hydroxyl groups excluding tert-OH is 1. The van der Waals surface area contributed by atoms with Gasteiger partial charge in [0.1, 0.15) is 0 Å². The van der Waals surface area contributed by atoms with Crippen molar-refractivity contribution in [1.82, 2.24) is 4.98 Å². The highest BCUT2D eigenvalue weighted by Gasteiger charge is 2.13. The lowest BCUT2D eigenvalue weighted by molar-refractivity contribution is 0.284. The predicted molar refractivity (Wildman–Crippen MR) is 85.3 cm³/mol. The minimum Gasteiger partial charge on any atom is -0.391 e. The summed E-state index contributed by atoms with van der Waals surface area (Å²) in [6, 6.07) is 8.41. The van der Waals surface area contributed by atoms with Crippen molar-refractivity contribution in [1.29, 1.82) is 0 Å². The van der Waals surface area contributed by atoms with Crippen LogP contribution in [0.2, 0.25) is 0 Å². The van der Waals surface area contributed by atoms with Gasteiger partial charge in [0.2, 0.25) is 0 Å². The van der Waals surface area contributed by atoms with Gasteiger partial charge < -0.3 is 10.0 Å². The van der Waals surface area contributed by atoms with Crippen LogP contribution < -0.4 is 4.90 Å². The molecular weight excluding hydrogens is 268 g/mol. The van der Waals surface area contributed by atoms with Gasteiger partial charge in [-0.3, -0.25) is 0 Å². The summed E-state index contributed by atoms with van der Waals surface area (Å²) in [4.78, 5) is 7.84. The molecule has 0 atom stereocenters. The molecule has 0 radical (unpaired) electrons. The molecule has 2 aromatic rings. The predicted octanol–water partition coefficient (Wildman–Crippen LogP) is 3.53. The van der Waals surface area contributed by atoms with Crippen LogP contribution >= 0.6 is 11.3 Å². The third kappa shape index (κ3) is 3.38. The molecule has 0 unspecified atom stereocenters. The molecule has 1 aromatic heterocycles. The van der Waals surface area contributed by atoms with Crippen LogP contribution in [0, 0.1) is 6.92 Å². The fourth-order valence-corrected chi connectivity index (χ4v) is 3.13. The Balaban J connectivity index is 2.17. The van der Waals surface area contributed by atoms with E-state index in [1.54, 1.807) is 11.3 Å². The second-order valence-corrected chi connectivity index (χ2v) is 6.12. The molecule has 1 heterocycles. The number of nitrogens with zero attached hydrogens (tertiary/aromatic N) is 2. The summed E-state index contributed by atoms with van der Waals surface area (Å²) in [5, 5.41) is 10.4. The monoisotopic (exact) mass is 290 g/mol. The molecule has 20 heavy (non-hydrogen) atoms. The number of aliphatic hydroxyl groups is 1. The number of hydrogen-bond donors (Lipinski definition) is 1. The van der Waals surface area contributed by atoms with Gasteiger partial charge in [-0.25, -0.2) is 4.98 Å². The van der Waals surface area contributed by atoms with Crippen LogP contribution in [-0.2, 0) is 19.6 Å². The van der Waals surface area contributed by atoms with Gasteiger partial charge >= 0.3 is 0 Å². The Bertz CT molecular complexity index is 565. The molecular formula is C16H22N2OS. The molecule has 0 spiro atoms. The van der Waals surface area contributed by atoms with Crippen LogP contribution in [0.4, 0.5) is 5.13 Å². The highest BCUT2D eigenvalue weighted by Crippen LogP contribution is 2.28. The maximum Gasteiger partial charge on any atom is 0.185 e. The standard InChI is InChI=1S/C16H22N2OS/c1-4-7-14-15(11-19)20-16(17-14)18(3)10-13-9-6-5-8-12(13)2/h5-6,8-9,19H,4,7,10-11H2,1-3H3. The minimum atomic E-state index is 0.0885. The highest BCUT2D eigenvalue weighted by molar-refractivity contribution is 7.15. The number of thiazole rings is 1. The summed E-state index contributed by atoms with van der Waals surface area (Å²) in [5.74, 6) is 0. The lowest BCUT2D eigenvalue weighted by Gasteiger charge is -2.17. The smallest absolute Gasteiger partial charge is 0.185 e. The fourth-order valence-electron chi connectivity index (χ4n) is 2.20. The van der Waals surface area contributed by atoms with Gasteiger partial charge in [-0.15, -0.1) is 0 Å². The molecule has 4 heteroatoms. The molecule has 0 aliphatic carbocycles. The first-order valence-corrected chi connectivity index (χ1v) is 7.82. The Morgan fingerprint density at radius 2 is 2.05 bits per heavy atom. The topological polar surface area (TPSA) is 36.4 Å². The van der Waals surface area contributed by atoms with E-state index in [1.165, 1.54) is 11.1 Å². The quantitative estimate of drug-likeness (QED) is 0.884. The first-order valence-electron chi connectivity index (χ1n) is 7.00. The second kappa shape index (κ2) is 6.86. The fraction of sp³-hybridized carbons (Fsp3) is 0.438. The number of aryl methyl sites for hydroxylation is 2. The average Bonchev–Trinajstić information content (AvgIpc) is 2.85. The number of rotatable bonds is 6. The van der Waals surface area contributed by atoms with Crippen molar-refractivity contribution in [2.75, 3.05) is 11.9 Å².